The van der Waals surface area contributed by atoms with Gasteiger partial charge in [-0.15, -0.1) is 24.0 Å². The first-order chi connectivity index (χ1) is 11.2. The summed E-state index contributed by atoms with van der Waals surface area (Å²) >= 11 is 1.87. The molecule has 24 heavy (non-hydrogen) atoms. The van der Waals surface area contributed by atoms with Crippen LogP contribution in [0, 0.1) is 5.82 Å². The standard InChI is InChI=1S/C17H28FN3OS.HI/c1-4-19-17(20-9-5-6-10-23-3)21-12-14-7-8-16(18)15(11-14)13-22-2;/h7-8,11H,4-6,9-10,12-13H2,1-3H3,(H2,19,20,21);1H. The van der Waals surface area contributed by atoms with E-state index in [2.05, 4.69) is 21.9 Å². The number of nitrogens with one attached hydrogen (secondary N) is 2. The zero-order valence-corrected chi connectivity index (χ0v) is 17.9. The van der Waals surface area contributed by atoms with E-state index < -0.39 is 0 Å². The fraction of sp³-hybridized carbons (Fsp3) is 0.588. The van der Waals surface area contributed by atoms with Gasteiger partial charge in [-0.1, -0.05) is 6.07 Å². The highest BCUT2D eigenvalue weighted by Gasteiger charge is 2.04. The Hall–Kier alpha value is -0.540. The van der Waals surface area contributed by atoms with Gasteiger partial charge in [-0.3, -0.25) is 0 Å². The molecule has 0 saturated carbocycles. The summed E-state index contributed by atoms with van der Waals surface area (Å²) in [5.41, 5.74) is 1.54. The Morgan fingerprint density at radius 2 is 2.08 bits per heavy atom. The lowest BCUT2D eigenvalue weighted by Crippen LogP contribution is -2.37. The van der Waals surface area contributed by atoms with Gasteiger partial charge in [0.15, 0.2) is 5.96 Å². The lowest BCUT2D eigenvalue weighted by atomic mass is 10.1. The van der Waals surface area contributed by atoms with Crippen molar-refractivity contribution >= 4 is 41.7 Å². The maximum Gasteiger partial charge on any atom is 0.191 e. The van der Waals surface area contributed by atoms with Crippen molar-refractivity contribution in [2.45, 2.75) is 32.9 Å². The molecule has 0 aromatic heterocycles. The van der Waals surface area contributed by atoms with Gasteiger partial charge in [0.25, 0.3) is 0 Å². The average Bonchev–Trinajstić information content (AvgIpc) is 2.55. The third-order valence-corrected chi connectivity index (χ3v) is 3.94. The number of ether oxygens (including phenoxy) is 1. The van der Waals surface area contributed by atoms with Crippen molar-refractivity contribution in [1.29, 1.82) is 0 Å². The molecule has 0 unspecified atom stereocenters. The van der Waals surface area contributed by atoms with E-state index in [-0.39, 0.29) is 36.4 Å². The molecule has 0 fully saturated rings. The van der Waals surface area contributed by atoms with Gasteiger partial charge < -0.3 is 15.4 Å². The zero-order chi connectivity index (χ0) is 16.9. The molecule has 0 aliphatic rings. The molecule has 1 aromatic rings. The Morgan fingerprint density at radius 1 is 1.29 bits per heavy atom. The molecular weight excluding hydrogens is 440 g/mol. The number of aliphatic imine (C=N–C) groups is 1. The third kappa shape index (κ3) is 9.68. The van der Waals surface area contributed by atoms with Gasteiger partial charge >= 0.3 is 0 Å². The minimum Gasteiger partial charge on any atom is -0.380 e. The molecule has 0 bridgehead atoms. The fourth-order valence-corrected chi connectivity index (χ4v) is 2.58. The summed E-state index contributed by atoms with van der Waals surface area (Å²) in [6.45, 7) is 4.55. The molecular formula is C17H29FIN3OS. The Bertz CT molecular complexity index is 489. The van der Waals surface area contributed by atoms with Crippen LogP contribution in [0.25, 0.3) is 0 Å². The SMILES string of the molecule is CCNC(=NCc1ccc(F)c(COC)c1)NCCCCSC.I. The van der Waals surface area contributed by atoms with Crippen molar-refractivity contribution in [2.24, 2.45) is 4.99 Å². The number of thioether (sulfide) groups is 1. The van der Waals surface area contributed by atoms with Crippen molar-refractivity contribution in [3.8, 4) is 0 Å². The third-order valence-electron chi connectivity index (χ3n) is 3.24. The monoisotopic (exact) mass is 469 g/mol. The number of hydrogen-bond donors (Lipinski definition) is 2. The van der Waals surface area contributed by atoms with Crippen LogP contribution in [-0.2, 0) is 17.9 Å². The molecule has 2 N–H and O–H groups in total. The highest BCUT2D eigenvalue weighted by Crippen LogP contribution is 2.12. The molecule has 0 amide bonds. The van der Waals surface area contributed by atoms with Crippen LogP contribution >= 0.6 is 35.7 Å². The number of methoxy groups -OCH3 is 1. The highest BCUT2D eigenvalue weighted by molar-refractivity contribution is 14.0. The van der Waals surface area contributed by atoms with E-state index in [0.717, 1.165) is 31.0 Å². The smallest absolute Gasteiger partial charge is 0.191 e. The summed E-state index contributed by atoms with van der Waals surface area (Å²) in [5, 5.41) is 6.56. The lowest BCUT2D eigenvalue weighted by molar-refractivity contribution is 0.181. The number of hydrogen-bond acceptors (Lipinski definition) is 3. The maximum absolute atomic E-state index is 13.6. The molecule has 1 aromatic carbocycles. The number of benzene rings is 1. The van der Waals surface area contributed by atoms with E-state index in [1.54, 1.807) is 13.2 Å². The summed E-state index contributed by atoms with van der Waals surface area (Å²) in [6, 6.07) is 5.05. The van der Waals surface area contributed by atoms with Crippen molar-refractivity contribution in [1.82, 2.24) is 10.6 Å². The van der Waals surface area contributed by atoms with E-state index >= 15 is 0 Å². The summed E-state index contributed by atoms with van der Waals surface area (Å²) in [7, 11) is 1.56. The molecule has 0 radical (unpaired) electrons. The van der Waals surface area contributed by atoms with Gasteiger partial charge in [-0.25, -0.2) is 9.38 Å². The van der Waals surface area contributed by atoms with Crippen LogP contribution in [0.4, 0.5) is 4.39 Å². The quantitative estimate of drug-likeness (QED) is 0.237. The summed E-state index contributed by atoms with van der Waals surface area (Å²) in [5.74, 6) is 1.75. The molecule has 0 aliphatic heterocycles. The molecule has 7 heteroatoms. The zero-order valence-electron chi connectivity index (χ0n) is 14.7. The van der Waals surface area contributed by atoms with E-state index in [4.69, 9.17) is 4.74 Å². The van der Waals surface area contributed by atoms with E-state index in [0.29, 0.717) is 12.1 Å². The first-order valence-electron chi connectivity index (χ1n) is 7.98. The van der Waals surface area contributed by atoms with Gasteiger partial charge in [-0.2, -0.15) is 11.8 Å². The highest BCUT2D eigenvalue weighted by atomic mass is 127. The van der Waals surface area contributed by atoms with Gasteiger partial charge in [0.1, 0.15) is 5.82 Å². The van der Waals surface area contributed by atoms with E-state index in [1.165, 1.54) is 18.2 Å². The summed E-state index contributed by atoms with van der Waals surface area (Å²) in [4.78, 5) is 4.56. The number of rotatable bonds is 10. The van der Waals surface area contributed by atoms with Crippen molar-refractivity contribution in [3.63, 3.8) is 0 Å². The largest absolute Gasteiger partial charge is 0.380 e. The molecule has 0 atom stereocenters. The second kappa shape index (κ2) is 14.8. The molecule has 4 nitrogen and oxygen atoms in total. The number of unbranched alkanes of at least 4 members (excludes halogenated alkanes) is 1. The van der Waals surface area contributed by atoms with E-state index in [9.17, 15) is 4.39 Å². The normalized spacial score (nSPS) is 11.1. The Labute approximate surface area is 166 Å². The average molecular weight is 469 g/mol. The van der Waals surface area contributed by atoms with E-state index in [1.807, 2.05) is 24.8 Å². The second-order valence-corrected chi connectivity index (χ2v) is 6.17. The molecule has 0 spiro atoms. The minimum absolute atomic E-state index is 0. The van der Waals surface area contributed by atoms with Crippen LogP contribution in [0.2, 0.25) is 0 Å². The van der Waals surface area contributed by atoms with Crippen LogP contribution in [-0.4, -0.2) is 38.2 Å². The van der Waals surface area contributed by atoms with Gasteiger partial charge in [0.05, 0.1) is 13.2 Å². The molecule has 1 rings (SSSR count). The Kier molecular flexibility index (Phi) is 14.4. The number of nitrogens with zero attached hydrogens (tertiary/aromatic N) is 1. The lowest BCUT2D eigenvalue weighted by Gasteiger charge is -2.11. The maximum atomic E-state index is 13.6. The topological polar surface area (TPSA) is 45.7 Å². The van der Waals surface area contributed by atoms with Crippen LogP contribution < -0.4 is 10.6 Å². The van der Waals surface area contributed by atoms with Crippen LogP contribution in [0.15, 0.2) is 23.2 Å². The van der Waals surface area contributed by atoms with Crippen molar-refractivity contribution in [3.05, 3.63) is 35.1 Å². The summed E-state index contributed by atoms with van der Waals surface area (Å²) < 4.78 is 18.6. The first-order valence-corrected chi connectivity index (χ1v) is 9.38. The Morgan fingerprint density at radius 3 is 2.75 bits per heavy atom. The number of halogens is 2. The minimum atomic E-state index is -0.238. The fourth-order valence-electron chi connectivity index (χ4n) is 2.08. The predicted molar refractivity (Wildman–Crippen MR) is 113 cm³/mol. The van der Waals surface area contributed by atoms with Gasteiger partial charge in [0.2, 0.25) is 0 Å². The van der Waals surface area contributed by atoms with Crippen LogP contribution in [0.1, 0.15) is 30.9 Å². The first kappa shape index (κ1) is 23.5. The molecule has 138 valence electrons. The number of guanidine groups is 1. The summed E-state index contributed by atoms with van der Waals surface area (Å²) in [6.07, 6.45) is 4.45. The molecule has 0 saturated heterocycles. The molecule has 0 heterocycles. The second-order valence-electron chi connectivity index (χ2n) is 5.18. The molecule has 0 aliphatic carbocycles. The van der Waals surface area contributed by atoms with Crippen molar-refractivity contribution < 1.29 is 9.13 Å². The Balaban J connectivity index is 0.00000529. The van der Waals surface area contributed by atoms with Gasteiger partial charge in [-0.05, 0) is 49.5 Å². The van der Waals surface area contributed by atoms with Crippen LogP contribution in [0.3, 0.4) is 0 Å². The predicted octanol–water partition coefficient (Wildman–Crippen LogP) is 3.79. The van der Waals surface area contributed by atoms with Crippen molar-refractivity contribution in [2.75, 3.05) is 32.2 Å². The van der Waals surface area contributed by atoms with Gasteiger partial charge in [0, 0.05) is 25.8 Å². The van der Waals surface area contributed by atoms with Crippen LogP contribution in [0.5, 0.6) is 0 Å².